The lowest BCUT2D eigenvalue weighted by Crippen LogP contribution is -2.29. The summed E-state index contributed by atoms with van der Waals surface area (Å²) in [5.41, 5.74) is 8.60. The van der Waals surface area contributed by atoms with E-state index in [0.29, 0.717) is 29.7 Å². The average Bonchev–Trinajstić information content (AvgIpc) is 3.29. The smallest absolute Gasteiger partial charge is 0.255 e. The van der Waals surface area contributed by atoms with Crippen LogP contribution in [0.15, 0.2) is 41.0 Å². The molecule has 3 N–H and O–H groups in total. The molecule has 2 aromatic rings. The highest BCUT2D eigenvalue weighted by molar-refractivity contribution is 5.94. The third-order valence-electron chi connectivity index (χ3n) is 4.48. The van der Waals surface area contributed by atoms with Crippen LogP contribution in [0, 0.1) is 11.8 Å². The monoisotopic (exact) mass is 362 g/mol. The van der Waals surface area contributed by atoms with Gasteiger partial charge in [0.1, 0.15) is 12.0 Å². The summed E-state index contributed by atoms with van der Waals surface area (Å²) < 4.78 is 5.27. The van der Waals surface area contributed by atoms with E-state index in [1.807, 2.05) is 0 Å². The van der Waals surface area contributed by atoms with Crippen LogP contribution in [0.1, 0.15) is 60.0 Å². The lowest BCUT2D eigenvalue weighted by Gasteiger charge is -2.19. The highest BCUT2D eigenvalue weighted by Gasteiger charge is 2.33. The molecule has 0 saturated heterocycles. The summed E-state index contributed by atoms with van der Waals surface area (Å²) in [5, 5.41) is 3.17. The van der Waals surface area contributed by atoms with Gasteiger partial charge in [-0.3, -0.25) is 4.79 Å². The largest absolute Gasteiger partial charge is 0.467 e. The number of nitrogens with two attached hydrogens (primary N) is 1. The number of hydrogen-bond donors (Lipinski definition) is 2. The number of benzene rings is 1. The summed E-state index contributed by atoms with van der Waals surface area (Å²) in [6, 6.07) is 10.5. The summed E-state index contributed by atoms with van der Waals surface area (Å²) in [6.45, 7) is 4.75. The van der Waals surface area contributed by atoms with Gasteiger partial charge in [0, 0.05) is 0 Å². The molecule has 0 spiro atoms. The average molecular weight is 363 g/mol. The summed E-state index contributed by atoms with van der Waals surface area (Å²) in [7, 11) is 0. The summed E-state index contributed by atoms with van der Waals surface area (Å²) in [4.78, 5) is 12.5. The Morgan fingerprint density at radius 1 is 1.28 bits per heavy atom. The van der Waals surface area contributed by atoms with E-state index in [9.17, 15) is 4.79 Å². The van der Waals surface area contributed by atoms with Crippen LogP contribution in [-0.2, 0) is 13.0 Å². The molecule has 1 aromatic heterocycles. The van der Waals surface area contributed by atoms with E-state index in [0.717, 1.165) is 19.3 Å². The molecule has 0 aliphatic heterocycles. The van der Waals surface area contributed by atoms with Crippen LogP contribution in [0.5, 0.6) is 0 Å². The molecule has 136 valence electrons. The van der Waals surface area contributed by atoms with Crippen LogP contribution < -0.4 is 11.1 Å². The zero-order valence-electron chi connectivity index (χ0n) is 14.8. The fourth-order valence-electron chi connectivity index (χ4n) is 3.07. The van der Waals surface area contributed by atoms with Gasteiger partial charge < -0.3 is 15.5 Å². The highest BCUT2D eigenvalue weighted by atomic mass is 35.5. The first-order valence-corrected chi connectivity index (χ1v) is 8.74. The zero-order chi connectivity index (χ0) is 17.1. The van der Waals surface area contributed by atoms with Crippen molar-refractivity contribution < 1.29 is 9.21 Å². The molecule has 1 amide bonds. The van der Waals surface area contributed by atoms with Crippen molar-refractivity contribution in [2.45, 2.75) is 45.7 Å². The van der Waals surface area contributed by atoms with Gasteiger partial charge >= 0.3 is 0 Å². The second kappa shape index (κ2) is 8.54. The van der Waals surface area contributed by atoms with Crippen LogP contribution in [0.3, 0.4) is 0 Å². The van der Waals surface area contributed by atoms with Crippen LogP contribution >= 0.6 is 12.4 Å². The number of carbonyl (C=O) groups is 1. The molecule has 1 saturated carbocycles. The van der Waals surface area contributed by atoms with Gasteiger partial charge in [-0.1, -0.05) is 38.1 Å². The standard InChI is InChI=1S/C20H26N2O2.ClH/c1-13(2)9-14-3-5-15(6-4-14)19(16-7-8-16)22-20(23)17-10-18(11-21)24-12-17;/h3-6,10,12-13,16,19H,7-9,11,21H2,1-2H3,(H,22,23);1H. The second-order valence-electron chi connectivity index (χ2n) is 7.13. The number of amides is 1. The molecule has 1 unspecified atom stereocenters. The van der Waals surface area contributed by atoms with Gasteiger partial charge in [0.15, 0.2) is 0 Å². The Morgan fingerprint density at radius 2 is 1.96 bits per heavy atom. The van der Waals surface area contributed by atoms with Gasteiger partial charge in [-0.2, -0.15) is 0 Å². The number of hydrogen-bond acceptors (Lipinski definition) is 3. The third kappa shape index (κ3) is 5.10. The van der Waals surface area contributed by atoms with Crippen molar-refractivity contribution in [2.75, 3.05) is 0 Å². The number of carbonyl (C=O) groups excluding carboxylic acids is 1. The topological polar surface area (TPSA) is 68.3 Å². The van der Waals surface area contributed by atoms with Crippen molar-refractivity contribution >= 4 is 18.3 Å². The maximum atomic E-state index is 12.5. The number of nitrogens with one attached hydrogen (secondary N) is 1. The Labute approximate surface area is 155 Å². The van der Waals surface area contributed by atoms with Crippen molar-refractivity contribution in [3.8, 4) is 0 Å². The Bertz CT molecular complexity index is 690. The summed E-state index contributed by atoms with van der Waals surface area (Å²) in [5.74, 6) is 1.71. The number of rotatable bonds is 7. The maximum Gasteiger partial charge on any atom is 0.255 e. The SMILES string of the molecule is CC(C)Cc1ccc(C(NC(=O)c2coc(CN)c2)C2CC2)cc1.Cl. The molecule has 4 nitrogen and oxygen atoms in total. The van der Waals surface area contributed by atoms with E-state index in [2.05, 4.69) is 43.4 Å². The molecule has 0 bridgehead atoms. The Kier molecular flexibility index (Phi) is 6.68. The molecule has 3 rings (SSSR count). The van der Waals surface area contributed by atoms with Crippen LogP contribution in [0.25, 0.3) is 0 Å². The highest BCUT2D eigenvalue weighted by Crippen LogP contribution is 2.41. The predicted molar refractivity (Wildman–Crippen MR) is 102 cm³/mol. The first-order valence-electron chi connectivity index (χ1n) is 8.74. The third-order valence-corrected chi connectivity index (χ3v) is 4.48. The molecule has 1 aliphatic carbocycles. The summed E-state index contributed by atoms with van der Waals surface area (Å²) >= 11 is 0. The van der Waals surface area contributed by atoms with Gasteiger partial charge in [0.2, 0.25) is 0 Å². The Hall–Kier alpha value is -1.78. The van der Waals surface area contributed by atoms with E-state index in [1.165, 1.54) is 17.4 Å². The fourth-order valence-corrected chi connectivity index (χ4v) is 3.07. The van der Waals surface area contributed by atoms with E-state index >= 15 is 0 Å². The molecule has 1 heterocycles. The number of halogens is 1. The van der Waals surface area contributed by atoms with Gasteiger partial charge in [0.25, 0.3) is 5.91 Å². The lowest BCUT2D eigenvalue weighted by atomic mass is 9.97. The van der Waals surface area contributed by atoms with E-state index < -0.39 is 0 Å². The minimum Gasteiger partial charge on any atom is -0.467 e. The van der Waals surface area contributed by atoms with Crippen molar-refractivity contribution in [2.24, 2.45) is 17.6 Å². The quantitative estimate of drug-likeness (QED) is 0.774. The molecule has 0 radical (unpaired) electrons. The van der Waals surface area contributed by atoms with Crippen LogP contribution in [-0.4, -0.2) is 5.91 Å². The molecular weight excluding hydrogens is 336 g/mol. The molecule has 1 fully saturated rings. The van der Waals surface area contributed by atoms with Gasteiger partial charge in [-0.05, 0) is 48.3 Å². The molecule has 1 atom stereocenters. The molecule has 1 aliphatic rings. The first kappa shape index (κ1) is 19.5. The maximum absolute atomic E-state index is 12.5. The molecule has 5 heteroatoms. The fraction of sp³-hybridized carbons (Fsp3) is 0.450. The van der Waals surface area contributed by atoms with Crippen molar-refractivity contribution in [3.63, 3.8) is 0 Å². The van der Waals surface area contributed by atoms with Crippen molar-refractivity contribution in [1.29, 1.82) is 0 Å². The minimum atomic E-state index is -0.0957. The number of furan rings is 1. The normalized spacial score (nSPS) is 14.9. The van der Waals surface area contributed by atoms with Crippen molar-refractivity contribution in [1.82, 2.24) is 5.32 Å². The molecule has 1 aromatic carbocycles. The predicted octanol–water partition coefficient (Wildman–Crippen LogP) is 4.24. The van der Waals surface area contributed by atoms with E-state index in [-0.39, 0.29) is 24.4 Å². The summed E-state index contributed by atoms with van der Waals surface area (Å²) in [6.07, 6.45) is 4.89. The van der Waals surface area contributed by atoms with Crippen LogP contribution in [0.2, 0.25) is 0 Å². The van der Waals surface area contributed by atoms with Crippen molar-refractivity contribution in [3.05, 3.63) is 59.0 Å². The Morgan fingerprint density at radius 3 is 2.48 bits per heavy atom. The van der Waals surface area contributed by atoms with Gasteiger partial charge in [-0.25, -0.2) is 0 Å². The second-order valence-corrected chi connectivity index (χ2v) is 7.13. The Balaban J connectivity index is 0.00000225. The molecule has 25 heavy (non-hydrogen) atoms. The molecular formula is C20H27ClN2O2. The van der Waals surface area contributed by atoms with Gasteiger partial charge in [-0.15, -0.1) is 12.4 Å². The van der Waals surface area contributed by atoms with Crippen LogP contribution in [0.4, 0.5) is 0 Å². The minimum absolute atomic E-state index is 0. The van der Waals surface area contributed by atoms with E-state index in [1.54, 1.807) is 6.07 Å². The van der Waals surface area contributed by atoms with Gasteiger partial charge in [0.05, 0.1) is 18.2 Å². The van der Waals surface area contributed by atoms with E-state index in [4.69, 9.17) is 10.2 Å². The first-order chi connectivity index (χ1) is 11.6. The zero-order valence-corrected chi connectivity index (χ0v) is 15.6. The lowest BCUT2D eigenvalue weighted by molar-refractivity contribution is 0.0931.